The summed E-state index contributed by atoms with van der Waals surface area (Å²) >= 11 is 5.92. The molecular formula is C14H18ClFN2. The molecule has 0 spiro atoms. The number of hydrogen-bond acceptors (Lipinski definition) is 2. The molecule has 0 radical (unpaired) electrons. The fraction of sp³-hybridized carbons (Fsp3) is 0.571. The molecule has 2 nitrogen and oxygen atoms in total. The predicted molar refractivity (Wildman–Crippen MR) is 71.3 cm³/mol. The van der Waals surface area contributed by atoms with Gasteiger partial charge >= 0.3 is 0 Å². The quantitative estimate of drug-likeness (QED) is 0.907. The molecule has 98 valence electrons. The average molecular weight is 269 g/mol. The minimum atomic E-state index is -0.324. The molecule has 1 aromatic rings. The van der Waals surface area contributed by atoms with Gasteiger partial charge in [0, 0.05) is 32.2 Å². The van der Waals surface area contributed by atoms with Crippen LogP contribution in [0.25, 0.3) is 0 Å². The van der Waals surface area contributed by atoms with Crippen molar-refractivity contribution in [1.29, 1.82) is 0 Å². The van der Waals surface area contributed by atoms with Crippen molar-refractivity contribution < 1.29 is 4.39 Å². The van der Waals surface area contributed by atoms with Crippen LogP contribution in [-0.2, 0) is 0 Å². The van der Waals surface area contributed by atoms with E-state index in [-0.39, 0.29) is 10.8 Å². The summed E-state index contributed by atoms with van der Waals surface area (Å²) in [6, 6.07) is 5.62. The predicted octanol–water partition coefficient (Wildman–Crippen LogP) is 2.84. The van der Waals surface area contributed by atoms with Crippen LogP contribution in [0.3, 0.4) is 0 Å². The Balaban J connectivity index is 1.85. The highest BCUT2D eigenvalue weighted by Gasteiger charge is 2.36. The van der Waals surface area contributed by atoms with Crippen LogP contribution in [0.2, 0.25) is 5.02 Å². The molecule has 0 aromatic heterocycles. The summed E-state index contributed by atoms with van der Waals surface area (Å²) in [6.45, 7) is 4.21. The maximum Gasteiger partial charge on any atom is 0.141 e. The zero-order valence-corrected chi connectivity index (χ0v) is 11.1. The Hall–Kier alpha value is -0.640. The second kappa shape index (κ2) is 5.16. The number of nitrogens with zero attached hydrogens (tertiary/aromatic N) is 1. The van der Waals surface area contributed by atoms with Crippen molar-refractivity contribution in [3.63, 3.8) is 0 Å². The maximum absolute atomic E-state index is 13.3. The van der Waals surface area contributed by atoms with E-state index in [1.807, 2.05) is 12.1 Å². The minimum absolute atomic E-state index is 0.244. The van der Waals surface area contributed by atoms with E-state index in [4.69, 9.17) is 11.6 Å². The van der Waals surface area contributed by atoms with Crippen molar-refractivity contribution in [2.45, 2.75) is 18.9 Å². The van der Waals surface area contributed by atoms with Crippen LogP contribution in [0.5, 0.6) is 0 Å². The van der Waals surface area contributed by atoms with E-state index in [2.05, 4.69) is 10.2 Å². The standard InChI is InChI=1S/C14H18ClFN2/c15-12-9-11(3-4-13(12)16)14(10-1-2-10)18-7-5-17-6-8-18/h3-4,9-10,14,17H,1-2,5-8H2/t14-/m1/s1. The molecule has 2 fully saturated rings. The van der Waals surface area contributed by atoms with Gasteiger partial charge in [0.05, 0.1) is 5.02 Å². The molecule has 4 heteroatoms. The highest BCUT2D eigenvalue weighted by molar-refractivity contribution is 6.30. The average Bonchev–Trinajstić information content (AvgIpc) is 3.20. The Morgan fingerprint density at radius 2 is 2.00 bits per heavy atom. The number of piperazine rings is 1. The summed E-state index contributed by atoms with van der Waals surface area (Å²) in [5, 5.41) is 3.62. The van der Waals surface area contributed by atoms with Crippen LogP contribution >= 0.6 is 11.6 Å². The van der Waals surface area contributed by atoms with Crippen molar-refractivity contribution >= 4 is 11.6 Å². The molecule has 2 aliphatic rings. The summed E-state index contributed by atoms with van der Waals surface area (Å²) < 4.78 is 13.3. The van der Waals surface area contributed by atoms with Gasteiger partial charge in [-0.05, 0) is 36.5 Å². The van der Waals surface area contributed by atoms with Gasteiger partial charge in [-0.3, -0.25) is 4.90 Å². The molecule has 0 amide bonds. The zero-order valence-electron chi connectivity index (χ0n) is 10.3. The van der Waals surface area contributed by atoms with Crippen LogP contribution in [0.1, 0.15) is 24.4 Å². The lowest BCUT2D eigenvalue weighted by Gasteiger charge is -2.35. The lowest BCUT2D eigenvalue weighted by molar-refractivity contribution is 0.156. The second-order valence-electron chi connectivity index (χ2n) is 5.24. The van der Waals surface area contributed by atoms with Gasteiger partial charge < -0.3 is 5.32 Å². The highest BCUT2D eigenvalue weighted by Crippen LogP contribution is 2.45. The first kappa shape index (κ1) is 12.4. The molecule has 1 aliphatic heterocycles. The largest absolute Gasteiger partial charge is 0.314 e. The van der Waals surface area contributed by atoms with Crippen LogP contribution in [0.15, 0.2) is 18.2 Å². The lowest BCUT2D eigenvalue weighted by Crippen LogP contribution is -2.45. The number of benzene rings is 1. The van der Waals surface area contributed by atoms with Crippen LogP contribution < -0.4 is 5.32 Å². The molecule has 1 aromatic carbocycles. The van der Waals surface area contributed by atoms with Gasteiger partial charge in [-0.15, -0.1) is 0 Å². The molecule has 0 bridgehead atoms. The highest BCUT2D eigenvalue weighted by atomic mass is 35.5. The topological polar surface area (TPSA) is 15.3 Å². The Kier molecular flexibility index (Phi) is 3.55. The van der Waals surface area contributed by atoms with E-state index in [0.717, 1.165) is 32.1 Å². The first-order chi connectivity index (χ1) is 8.75. The summed E-state index contributed by atoms with van der Waals surface area (Å²) in [7, 11) is 0. The lowest BCUT2D eigenvalue weighted by atomic mass is 10.00. The third kappa shape index (κ3) is 2.53. The molecule has 0 unspecified atom stereocenters. The van der Waals surface area contributed by atoms with E-state index in [9.17, 15) is 4.39 Å². The Labute approximate surface area is 112 Å². The van der Waals surface area contributed by atoms with Crippen molar-refractivity contribution in [2.75, 3.05) is 26.2 Å². The SMILES string of the molecule is Fc1ccc([C@@H](C2CC2)N2CCNCC2)cc1Cl. The van der Waals surface area contributed by atoms with Crippen LogP contribution in [-0.4, -0.2) is 31.1 Å². The zero-order chi connectivity index (χ0) is 12.5. The molecule has 1 saturated carbocycles. The van der Waals surface area contributed by atoms with Gasteiger partial charge in [0.2, 0.25) is 0 Å². The molecular weight excluding hydrogens is 251 g/mol. The molecule has 3 rings (SSSR count). The normalized spacial score (nSPS) is 23.0. The van der Waals surface area contributed by atoms with Gasteiger partial charge in [-0.25, -0.2) is 4.39 Å². The summed E-state index contributed by atoms with van der Waals surface area (Å²) in [5.74, 6) is 0.403. The molecule has 1 N–H and O–H groups in total. The summed E-state index contributed by atoms with van der Waals surface area (Å²) in [6.07, 6.45) is 2.56. The smallest absolute Gasteiger partial charge is 0.141 e. The molecule has 18 heavy (non-hydrogen) atoms. The summed E-state index contributed by atoms with van der Waals surface area (Å²) in [4.78, 5) is 2.51. The third-order valence-corrected chi connectivity index (χ3v) is 4.19. The number of rotatable bonds is 3. The minimum Gasteiger partial charge on any atom is -0.314 e. The fourth-order valence-corrected chi connectivity index (χ4v) is 3.04. The van der Waals surface area contributed by atoms with Gasteiger partial charge in [0.25, 0.3) is 0 Å². The van der Waals surface area contributed by atoms with Crippen molar-refractivity contribution in [2.24, 2.45) is 5.92 Å². The first-order valence-corrected chi connectivity index (χ1v) is 7.03. The number of halogens is 2. The van der Waals surface area contributed by atoms with Crippen molar-refractivity contribution in [1.82, 2.24) is 10.2 Å². The molecule has 1 aliphatic carbocycles. The van der Waals surface area contributed by atoms with Crippen molar-refractivity contribution in [3.05, 3.63) is 34.6 Å². The Morgan fingerprint density at radius 3 is 2.61 bits per heavy atom. The van der Waals surface area contributed by atoms with Crippen LogP contribution in [0.4, 0.5) is 4.39 Å². The molecule has 1 saturated heterocycles. The number of hydrogen-bond donors (Lipinski definition) is 1. The number of nitrogens with one attached hydrogen (secondary N) is 1. The van der Waals surface area contributed by atoms with E-state index < -0.39 is 0 Å². The fourth-order valence-electron chi connectivity index (χ4n) is 2.85. The summed E-state index contributed by atoms with van der Waals surface area (Å²) in [5.41, 5.74) is 1.17. The first-order valence-electron chi connectivity index (χ1n) is 6.65. The van der Waals surface area contributed by atoms with Gasteiger partial charge in [0.1, 0.15) is 5.82 Å². The van der Waals surface area contributed by atoms with Gasteiger partial charge in [-0.2, -0.15) is 0 Å². The third-order valence-electron chi connectivity index (χ3n) is 3.90. The van der Waals surface area contributed by atoms with Gasteiger partial charge in [0.15, 0.2) is 0 Å². The Morgan fingerprint density at radius 1 is 1.28 bits per heavy atom. The maximum atomic E-state index is 13.3. The van der Waals surface area contributed by atoms with E-state index in [1.165, 1.54) is 24.5 Å². The van der Waals surface area contributed by atoms with E-state index in [1.54, 1.807) is 0 Å². The van der Waals surface area contributed by atoms with Crippen LogP contribution in [0, 0.1) is 11.7 Å². The van der Waals surface area contributed by atoms with Gasteiger partial charge in [-0.1, -0.05) is 17.7 Å². The van der Waals surface area contributed by atoms with E-state index >= 15 is 0 Å². The second-order valence-corrected chi connectivity index (χ2v) is 5.65. The van der Waals surface area contributed by atoms with Crippen molar-refractivity contribution in [3.8, 4) is 0 Å². The molecule has 1 atom stereocenters. The monoisotopic (exact) mass is 268 g/mol. The Bertz CT molecular complexity index is 428. The molecule has 1 heterocycles. The van der Waals surface area contributed by atoms with E-state index in [0.29, 0.717) is 6.04 Å².